The summed E-state index contributed by atoms with van der Waals surface area (Å²) >= 11 is 0. The highest BCUT2D eigenvalue weighted by atomic mass is 16.5. The normalized spacial score (nSPS) is 19.5. The van der Waals surface area contributed by atoms with Crippen LogP contribution >= 0.6 is 0 Å². The van der Waals surface area contributed by atoms with Crippen molar-refractivity contribution >= 4 is 5.69 Å². The van der Waals surface area contributed by atoms with E-state index in [4.69, 9.17) is 9.47 Å². The second-order valence-electron chi connectivity index (χ2n) is 4.40. The number of hydrogen-bond acceptors (Lipinski definition) is 3. The third-order valence-corrected chi connectivity index (χ3v) is 3.08. The number of rotatable bonds is 6. The number of nitrogens with one attached hydrogen (secondary N) is 1. The number of ether oxygens (including phenoxy) is 2. The minimum absolute atomic E-state index is 0.648. The van der Waals surface area contributed by atoms with Crippen molar-refractivity contribution in [3.8, 4) is 0 Å². The largest absolute Gasteiger partial charge is 0.384 e. The Hall–Kier alpha value is -1.06. The van der Waals surface area contributed by atoms with Gasteiger partial charge in [-0.05, 0) is 19.4 Å². The predicted molar refractivity (Wildman–Crippen MR) is 69.2 cm³/mol. The molecule has 0 aromatic heterocycles. The van der Waals surface area contributed by atoms with E-state index < -0.39 is 0 Å². The van der Waals surface area contributed by atoms with Gasteiger partial charge in [-0.3, -0.25) is 0 Å². The summed E-state index contributed by atoms with van der Waals surface area (Å²) in [7, 11) is 0. The fourth-order valence-electron chi connectivity index (χ4n) is 2.03. The van der Waals surface area contributed by atoms with E-state index in [-0.39, 0.29) is 0 Å². The smallest absolute Gasteiger partial charge is 0.0736 e. The zero-order valence-corrected chi connectivity index (χ0v) is 10.4. The van der Waals surface area contributed by atoms with Gasteiger partial charge in [0.1, 0.15) is 0 Å². The minimum atomic E-state index is 0.648. The average Bonchev–Trinajstić information content (AvgIpc) is 2.88. The van der Waals surface area contributed by atoms with Gasteiger partial charge in [0.05, 0.1) is 13.2 Å². The maximum Gasteiger partial charge on any atom is 0.0736 e. The molecule has 1 N–H and O–H groups in total. The van der Waals surface area contributed by atoms with E-state index in [0.717, 1.165) is 26.4 Å². The molecule has 3 heteroatoms. The van der Waals surface area contributed by atoms with Crippen LogP contribution in [-0.2, 0) is 16.1 Å². The molecule has 1 atom stereocenters. The summed E-state index contributed by atoms with van der Waals surface area (Å²) in [5.74, 6) is 0.648. The molecule has 0 radical (unpaired) electrons. The Morgan fingerprint density at radius 2 is 2.29 bits per heavy atom. The van der Waals surface area contributed by atoms with E-state index in [2.05, 4.69) is 29.6 Å². The molecular weight excluding hydrogens is 214 g/mol. The molecule has 17 heavy (non-hydrogen) atoms. The Morgan fingerprint density at radius 3 is 3.06 bits per heavy atom. The Kier molecular flexibility index (Phi) is 4.83. The van der Waals surface area contributed by atoms with Crippen molar-refractivity contribution in [2.45, 2.75) is 20.0 Å². The van der Waals surface area contributed by atoms with E-state index in [1.807, 2.05) is 6.92 Å². The minimum Gasteiger partial charge on any atom is -0.384 e. The molecule has 0 aliphatic carbocycles. The highest BCUT2D eigenvalue weighted by Gasteiger charge is 2.15. The van der Waals surface area contributed by atoms with E-state index in [1.54, 1.807) is 0 Å². The predicted octanol–water partition coefficient (Wildman–Crippen LogP) is 2.67. The molecule has 1 aliphatic rings. The van der Waals surface area contributed by atoms with Gasteiger partial charge in [-0.25, -0.2) is 0 Å². The van der Waals surface area contributed by atoms with Gasteiger partial charge in [-0.1, -0.05) is 18.2 Å². The van der Waals surface area contributed by atoms with Crippen LogP contribution in [0.5, 0.6) is 0 Å². The highest BCUT2D eigenvalue weighted by Crippen LogP contribution is 2.18. The second-order valence-corrected chi connectivity index (χ2v) is 4.40. The summed E-state index contributed by atoms with van der Waals surface area (Å²) in [5.41, 5.74) is 2.42. The second kappa shape index (κ2) is 6.62. The molecule has 1 aromatic carbocycles. The van der Waals surface area contributed by atoms with Gasteiger partial charge >= 0.3 is 0 Å². The summed E-state index contributed by atoms with van der Waals surface area (Å²) in [4.78, 5) is 0. The van der Waals surface area contributed by atoms with Gasteiger partial charge in [-0.15, -0.1) is 0 Å². The summed E-state index contributed by atoms with van der Waals surface area (Å²) in [6.45, 7) is 6.24. The standard InChI is InChI=1S/C14H21NO2/c1-2-16-11-13-5-3-4-6-14(13)15-9-12-7-8-17-10-12/h3-6,12,15H,2,7-11H2,1H3. The first kappa shape index (κ1) is 12.4. The van der Waals surface area contributed by atoms with Crippen LogP contribution in [0.1, 0.15) is 18.9 Å². The molecular formula is C14H21NO2. The number of anilines is 1. The van der Waals surface area contributed by atoms with Gasteiger partial charge in [0, 0.05) is 36.9 Å². The highest BCUT2D eigenvalue weighted by molar-refractivity contribution is 5.50. The lowest BCUT2D eigenvalue weighted by Gasteiger charge is -2.14. The summed E-state index contributed by atoms with van der Waals surface area (Å²) in [6.07, 6.45) is 1.17. The van der Waals surface area contributed by atoms with Crippen LogP contribution in [0.3, 0.4) is 0 Å². The monoisotopic (exact) mass is 235 g/mol. The summed E-state index contributed by atoms with van der Waals surface area (Å²) in [5, 5.41) is 3.50. The van der Waals surface area contributed by atoms with E-state index in [9.17, 15) is 0 Å². The summed E-state index contributed by atoms with van der Waals surface area (Å²) < 4.78 is 10.8. The molecule has 1 unspecified atom stereocenters. The number of hydrogen-bond donors (Lipinski definition) is 1. The third-order valence-electron chi connectivity index (χ3n) is 3.08. The lowest BCUT2D eigenvalue weighted by molar-refractivity contribution is 0.134. The maximum atomic E-state index is 5.47. The van der Waals surface area contributed by atoms with Crippen molar-refractivity contribution in [1.29, 1.82) is 0 Å². The quantitative estimate of drug-likeness (QED) is 0.822. The number of para-hydroxylation sites is 1. The zero-order valence-electron chi connectivity index (χ0n) is 10.4. The zero-order chi connectivity index (χ0) is 11.9. The molecule has 3 nitrogen and oxygen atoms in total. The van der Waals surface area contributed by atoms with Crippen LogP contribution in [-0.4, -0.2) is 26.4 Å². The Balaban J connectivity index is 1.89. The molecule has 0 saturated carbocycles. The molecule has 1 fully saturated rings. The average molecular weight is 235 g/mol. The molecule has 0 amide bonds. The third kappa shape index (κ3) is 3.72. The molecule has 1 saturated heterocycles. The van der Waals surface area contributed by atoms with Gasteiger partial charge in [0.25, 0.3) is 0 Å². The topological polar surface area (TPSA) is 30.5 Å². The van der Waals surface area contributed by atoms with Crippen LogP contribution in [0.15, 0.2) is 24.3 Å². The first-order chi connectivity index (χ1) is 8.40. The van der Waals surface area contributed by atoms with Gasteiger partial charge in [0.15, 0.2) is 0 Å². The molecule has 0 bridgehead atoms. The Morgan fingerprint density at radius 1 is 1.41 bits per heavy atom. The van der Waals surface area contributed by atoms with Crippen molar-refractivity contribution in [2.24, 2.45) is 5.92 Å². The van der Waals surface area contributed by atoms with Crippen LogP contribution in [0, 0.1) is 5.92 Å². The van der Waals surface area contributed by atoms with Gasteiger partial charge in [0.2, 0.25) is 0 Å². The molecule has 0 spiro atoms. The van der Waals surface area contributed by atoms with Crippen LogP contribution < -0.4 is 5.32 Å². The van der Waals surface area contributed by atoms with Gasteiger partial charge < -0.3 is 14.8 Å². The van der Waals surface area contributed by atoms with Crippen LogP contribution in [0.25, 0.3) is 0 Å². The first-order valence-corrected chi connectivity index (χ1v) is 6.37. The Bertz CT molecular complexity index is 335. The summed E-state index contributed by atoms with van der Waals surface area (Å²) in [6, 6.07) is 8.34. The van der Waals surface area contributed by atoms with E-state index in [1.165, 1.54) is 17.7 Å². The molecule has 1 aromatic rings. The fraction of sp³-hybridized carbons (Fsp3) is 0.571. The SMILES string of the molecule is CCOCc1ccccc1NCC1CCOC1. The van der Waals surface area contributed by atoms with Crippen molar-refractivity contribution in [2.75, 3.05) is 31.7 Å². The van der Waals surface area contributed by atoms with Crippen molar-refractivity contribution in [1.82, 2.24) is 0 Å². The lowest BCUT2D eigenvalue weighted by Crippen LogP contribution is -2.15. The van der Waals surface area contributed by atoms with Crippen molar-refractivity contribution in [3.63, 3.8) is 0 Å². The molecule has 1 aliphatic heterocycles. The Labute approximate surface area is 103 Å². The van der Waals surface area contributed by atoms with E-state index >= 15 is 0 Å². The van der Waals surface area contributed by atoms with Crippen LogP contribution in [0.4, 0.5) is 5.69 Å². The molecule has 2 rings (SSSR count). The lowest BCUT2D eigenvalue weighted by atomic mass is 10.1. The molecule has 1 heterocycles. The van der Waals surface area contributed by atoms with E-state index in [0.29, 0.717) is 12.5 Å². The van der Waals surface area contributed by atoms with Crippen LogP contribution in [0.2, 0.25) is 0 Å². The van der Waals surface area contributed by atoms with Crippen molar-refractivity contribution < 1.29 is 9.47 Å². The maximum absolute atomic E-state index is 5.47. The fourth-order valence-corrected chi connectivity index (χ4v) is 2.03. The number of benzene rings is 1. The van der Waals surface area contributed by atoms with Gasteiger partial charge in [-0.2, -0.15) is 0 Å². The first-order valence-electron chi connectivity index (χ1n) is 6.37. The van der Waals surface area contributed by atoms with Crippen molar-refractivity contribution in [3.05, 3.63) is 29.8 Å². The molecule has 94 valence electrons.